The topological polar surface area (TPSA) is 68.2 Å². The molecule has 1 heterocycles. The molecule has 0 radical (unpaired) electrons. The SMILES string of the molecule is CCCCc1cn(CCN)c2cc(C)c(C(=O)O)cc12. The van der Waals surface area contributed by atoms with Crippen LogP contribution in [-0.4, -0.2) is 22.2 Å². The number of fused-ring (bicyclic) bond motifs is 1. The van der Waals surface area contributed by atoms with Gasteiger partial charge < -0.3 is 15.4 Å². The van der Waals surface area contributed by atoms with Crippen molar-refractivity contribution in [3.05, 3.63) is 35.0 Å². The summed E-state index contributed by atoms with van der Waals surface area (Å²) < 4.78 is 2.14. The zero-order valence-electron chi connectivity index (χ0n) is 12.1. The van der Waals surface area contributed by atoms with Crippen LogP contribution in [0.3, 0.4) is 0 Å². The molecule has 0 saturated heterocycles. The molecule has 0 aliphatic heterocycles. The number of aromatic nitrogens is 1. The first-order valence-electron chi connectivity index (χ1n) is 7.14. The van der Waals surface area contributed by atoms with Gasteiger partial charge in [0.1, 0.15) is 0 Å². The molecule has 4 nitrogen and oxygen atoms in total. The summed E-state index contributed by atoms with van der Waals surface area (Å²) >= 11 is 0. The Labute approximate surface area is 119 Å². The minimum Gasteiger partial charge on any atom is -0.478 e. The molecule has 0 fully saturated rings. The van der Waals surface area contributed by atoms with Gasteiger partial charge in [-0.15, -0.1) is 0 Å². The van der Waals surface area contributed by atoms with E-state index in [1.165, 1.54) is 5.56 Å². The zero-order chi connectivity index (χ0) is 14.7. The van der Waals surface area contributed by atoms with E-state index in [9.17, 15) is 9.90 Å². The van der Waals surface area contributed by atoms with Gasteiger partial charge in [0.15, 0.2) is 0 Å². The molecule has 1 aromatic carbocycles. The number of nitrogens with two attached hydrogens (primary N) is 1. The van der Waals surface area contributed by atoms with Gasteiger partial charge in [-0.2, -0.15) is 0 Å². The summed E-state index contributed by atoms with van der Waals surface area (Å²) in [5.41, 5.74) is 9.15. The largest absolute Gasteiger partial charge is 0.478 e. The number of carboxylic acids is 1. The fourth-order valence-electron chi connectivity index (χ4n) is 2.64. The quantitative estimate of drug-likeness (QED) is 0.851. The van der Waals surface area contributed by atoms with Crippen LogP contribution in [0.4, 0.5) is 0 Å². The predicted molar refractivity (Wildman–Crippen MR) is 81.3 cm³/mol. The van der Waals surface area contributed by atoms with Gasteiger partial charge in [-0.05, 0) is 43.0 Å². The summed E-state index contributed by atoms with van der Waals surface area (Å²) in [6.45, 7) is 5.34. The monoisotopic (exact) mass is 274 g/mol. The van der Waals surface area contributed by atoms with E-state index < -0.39 is 5.97 Å². The second kappa shape index (κ2) is 6.09. The Balaban J connectivity index is 2.60. The average Bonchev–Trinajstić information content (AvgIpc) is 2.73. The third-order valence-corrected chi connectivity index (χ3v) is 3.71. The van der Waals surface area contributed by atoms with E-state index in [-0.39, 0.29) is 0 Å². The van der Waals surface area contributed by atoms with E-state index in [1.54, 1.807) is 0 Å². The lowest BCUT2D eigenvalue weighted by atomic mass is 10.0. The predicted octanol–water partition coefficient (Wildman–Crippen LogP) is 2.95. The number of hydrogen-bond acceptors (Lipinski definition) is 2. The van der Waals surface area contributed by atoms with E-state index in [2.05, 4.69) is 17.7 Å². The van der Waals surface area contributed by atoms with Crippen LogP contribution < -0.4 is 5.73 Å². The number of aryl methyl sites for hydroxylation is 2. The Kier molecular flexibility index (Phi) is 4.45. The number of aromatic carboxylic acids is 1. The summed E-state index contributed by atoms with van der Waals surface area (Å²) in [5, 5.41) is 10.3. The van der Waals surface area contributed by atoms with Crippen molar-refractivity contribution < 1.29 is 9.90 Å². The Morgan fingerprint density at radius 3 is 2.75 bits per heavy atom. The van der Waals surface area contributed by atoms with Gasteiger partial charge in [-0.3, -0.25) is 0 Å². The van der Waals surface area contributed by atoms with Crippen molar-refractivity contribution in [2.24, 2.45) is 5.73 Å². The first kappa shape index (κ1) is 14.6. The van der Waals surface area contributed by atoms with Crippen LogP contribution in [0.25, 0.3) is 10.9 Å². The van der Waals surface area contributed by atoms with Crippen LogP contribution in [0, 0.1) is 6.92 Å². The molecule has 0 atom stereocenters. The summed E-state index contributed by atoms with van der Waals surface area (Å²) in [4.78, 5) is 11.3. The first-order valence-corrected chi connectivity index (χ1v) is 7.14. The standard InChI is InChI=1S/C16H22N2O2/c1-3-4-5-12-10-18(7-6-17)15-8-11(2)13(16(19)20)9-14(12)15/h8-10H,3-7,17H2,1-2H3,(H,19,20). The van der Waals surface area contributed by atoms with Crippen molar-refractivity contribution in [2.75, 3.05) is 6.54 Å². The molecule has 3 N–H and O–H groups in total. The molecule has 0 amide bonds. The van der Waals surface area contributed by atoms with Crippen LogP contribution in [0.15, 0.2) is 18.3 Å². The van der Waals surface area contributed by atoms with Gasteiger partial charge in [0.2, 0.25) is 0 Å². The molecule has 0 aliphatic carbocycles. The number of carbonyl (C=O) groups is 1. The second-order valence-electron chi connectivity index (χ2n) is 5.23. The van der Waals surface area contributed by atoms with Gasteiger partial charge in [0.25, 0.3) is 0 Å². The number of rotatable bonds is 6. The highest BCUT2D eigenvalue weighted by Crippen LogP contribution is 2.26. The Morgan fingerprint density at radius 1 is 1.40 bits per heavy atom. The van der Waals surface area contributed by atoms with Gasteiger partial charge in [-0.25, -0.2) is 4.79 Å². The fraction of sp³-hybridized carbons (Fsp3) is 0.438. The summed E-state index contributed by atoms with van der Waals surface area (Å²) in [6, 6.07) is 3.77. The highest BCUT2D eigenvalue weighted by Gasteiger charge is 2.14. The zero-order valence-corrected chi connectivity index (χ0v) is 12.1. The van der Waals surface area contributed by atoms with Crippen LogP contribution in [-0.2, 0) is 13.0 Å². The maximum absolute atomic E-state index is 11.3. The molecule has 0 bridgehead atoms. The van der Waals surface area contributed by atoms with Crippen LogP contribution in [0.1, 0.15) is 41.3 Å². The molecule has 20 heavy (non-hydrogen) atoms. The molecular formula is C16H22N2O2. The van der Waals surface area contributed by atoms with Crippen molar-refractivity contribution in [1.29, 1.82) is 0 Å². The molecule has 0 unspecified atom stereocenters. The van der Waals surface area contributed by atoms with Crippen molar-refractivity contribution in [1.82, 2.24) is 4.57 Å². The normalized spacial score (nSPS) is 11.2. The molecule has 108 valence electrons. The van der Waals surface area contributed by atoms with Crippen molar-refractivity contribution in [3.8, 4) is 0 Å². The van der Waals surface area contributed by atoms with Crippen molar-refractivity contribution >= 4 is 16.9 Å². The summed E-state index contributed by atoms with van der Waals surface area (Å²) in [6.07, 6.45) is 5.34. The van der Waals surface area contributed by atoms with Gasteiger partial charge >= 0.3 is 5.97 Å². The van der Waals surface area contributed by atoms with Crippen LogP contribution in [0.2, 0.25) is 0 Å². The highest BCUT2D eigenvalue weighted by atomic mass is 16.4. The van der Waals surface area contributed by atoms with E-state index >= 15 is 0 Å². The van der Waals surface area contributed by atoms with Crippen LogP contribution >= 0.6 is 0 Å². The molecular weight excluding hydrogens is 252 g/mol. The van der Waals surface area contributed by atoms with Gasteiger partial charge in [0, 0.05) is 30.2 Å². The maximum atomic E-state index is 11.3. The van der Waals surface area contributed by atoms with Crippen molar-refractivity contribution in [3.63, 3.8) is 0 Å². The Bertz CT molecular complexity index is 629. The number of carboxylic acid groups (broad SMARTS) is 1. The molecule has 1 aromatic heterocycles. The minimum atomic E-state index is -0.864. The summed E-state index contributed by atoms with van der Waals surface area (Å²) in [5.74, 6) is -0.864. The van der Waals surface area contributed by atoms with Gasteiger partial charge in [-0.1, -0.05) is 13.3 Å². The first-order chi connectivity index (χ1) is 9.58. The molecule has 0 saturated carbocycles. The lowest BCUT2D eigenvalue weighted by molar-refractivity contribution is 0.0696. The van der Waals surface area contributed by atoms with Crippen LogP contribution in [0.5, 0.6) is 0 Å². The number of unbranched alkanes of at least 4 members (excludes halogenated alkanes) is 1. The molecule has 0 aliphatic rings. The van der Waals surface area contributed by atoms with E-state index in [4.69, 9.17) is 5.73 Å². The highest BCUT2D eigenvalue weighted by molar-refractivity contribution is 5.96. The van der Waals surface area contributed by atoms with Gasteiger partial charge in [0.05, 0.1) is 5.56 Å². The minimum absolute atomic E-state index is 0.390. The number of hydrogen-bond donors (Lipinski definition) is 2. The smallest absolute Gasteiger partial charge is 0.335 e. The molecule has 4 heteroatoms. The Hall–Kier alpha value is -1.81. The molecule has 2 rings (SSSR count). The number of nitrogens with zero attached hydrogens (tertiary/aromatic N) is 1. The maximum Gasteiger partial charge on any atom is 0.335 e. The lowest BCUT2D eigenvalue weighted by Crippen LogP contribution is -2.09. The lowest BCUT2D eigenvalue weighted by Gasteiger charge is -2.06. The third-order valence-electron chi connectivity index (χ3n) is 3.71. The fourth-order valence-corrected chi connectivity index (χ4v) is 2.64. The van der Waals surface area contributed by atoms with Crippen molar-refractivity contribution in [2.45, 2.75) is 39.7 Å². The number of benzene rings is 1. The van der Waals surface area contributed by atoms with E-state index in [0.717, 1.165) is 42.3 Å². The average molecular weight is 274 g/mol. The molecule has 0 spiro atoms. The van der Waals surface area contributed by atoms with E-state index in [0.29, 0.717) is 12.1 Å². The van der Waals surface area contributed by atoms with E-state index in [1.807, 2.05) is 19.1 Å². The molecule has 2 aromatic rings. The second-order valence-corrected chi connectivity index (χ2v) is 5.23. The Morgan fingerprint density at radius 2 is 2.15 bits per heavy atom. The third kappa shape index (κ3) is 2.70. The summed E-state index contributed by atoms with van der Waals surface area (Å²) in [7, 11) is 0.